The van der Waals surface area contributed by atoms with Gasteiger partial charge in [0, 0.05) is 0 Å². The summed E-state index contributed by atoms with van der Waals surface area (Å²) in [6, 6.07) is 9.35. The van der Waals surface area contributed by atoms with Crippen molar-refractivity contribution in [1.29, 1.82) is 0 Å². The summed E-state index contributed by atoms with van der Waals surface area (Å²) in [6.45, 7) is 0. The molecule has 1 nitrogen and oxygen atoms in total. The summed E-state index contributed by atoms with van der Waals surface area (Å²) < 4.78 is 31.2. The van der Waals surface area contributed by atoms with E-state index in [9.17, 15) is 0 Å². The van der Waals surface area contributed by atoms with E-state index in [1.54, 1.807) is 36.4 Å². The van der Waals surface area contributed by atoms with E-state index in [-0.39, 0.29) is 24.2 Å². The largest absolute Gasteiger partial charge is 0.320 e. The van der Waals surface area contributed by atoms with E-state index < -0.39 is 6.04 Å². The van der Waals surface area contributed by atoms with E-state index in [4.69, 9.17) is 11.2 Å². The Morgan fingerprint density at radius 1 is 0.786 bits per heavy atom. The molecule has 2 N–H and O–H groups in total. The first-order valence-corrected chi connectivity index (χ1v) is 4.40. The molecule has 70 valence electrons. The summed E-state index contributed by atoms with van der Waals surface area (Å²) in [6.07, 6.45) is 0. The molecule has 0 saturated heterocycles. The van der Waals surface area contributed by atoms with E-state index in [1.165, 1.54) is 0 Å². The van der Waals surface area contributed by atoms with Gasteiger partial charge in [-0.3, -0.25) is 0 Å². The second kappa shape index (κ2) is 4.07. The Balaban J connectivity index is 2.58. The van der Waals surface area contributed by atoms with Crippen molar-refractivity contribution in [3.63, 3.8) is 0 Å². The van der Waals surface area contributed by atoms with Crippen molar-refractivity contribution in [2.45, 2.75) is 6.04 Å². The fourth-order valence-corrected chi connectivity index (χ4v) is 1.23. The van der Waals surface area contributed by atoms with Crippen LogP contribution in [0.2, 0.25) is 0 Å². The number of nitrogens with two attached hydrogens (primary N) is 1. The van der Waals surface area contributed by atoms with Gasteiger partial charge in [-0.1, -0.05) is 60.6 Å². The normalized spacial score (nSPS) is 14.4. The second-order valence-electron chi connectivity index (χ2n) is 2.93. The van der Waals surface area contributed by atoms with Crippen molar-refractivity contribution in [2.75, 3.05) is 0 Å². The fraction of sp³-hybridized carbons (Fsp3) is 0.0769. The van der Waals surface area contributed by atoms with Gasteiger partial charge in [0.25, 0.3) is 0 Å². The summed E-state index contributed by atoms with van der Waals surface area (Å²) in [5.41, 5.74) is 6.74. The van der Waals surface area contributed by atoms with Crippen LogP contribution in [0.4, 0.5) is 0 Å². The SMILES string of the molecule is [2H]c1cccc([2H])c1C(N)c1c([2H])cccc1[2H]. The first kappa shape index (κ1) is 5.32. The van der Waals surface area contributed by atoms with Crippen LogP contribution in [-0.4, -0.2) is 0 Å². The Bertz CT molecular complexity index is 491. The Hall–Kier alpha value is -1.60. The van der Waals surface area contributed by atoms with Crippen molar-refractivity contribution in [2.24, 2.45) is 5.73 Å². The van der Waals surface area contributed by atoms with Gasteiger partial charge >= 0.3 is 0 Å². The van der Waals surface area contributed by atoms with Crippen LogP contribution in [-0.2, 0) is 0 Å². The van der Waals surface area contributed by atoms with Crippen LogP contribution in [0.15, 0.2) is 60.6 Å². The summed E-state index contributed by atoms with van der Waals surface area (Å²) in [5.74, 6) is 0. The number of hydrogen-bond donors (Lipinski definition) is 1. The monoisotopic (exact) mass is 187 g/mol. The smallest absolute Gasteiger partial charge is 0.0626 e. The standard InChI is InChI=1S/C13H13N/c14-13(11-7-3-1-4-8-11)12-9-5-2-6-10-12/h1-10,13H,14H2/i7D,8D,9D,10D. The zero-order valence-corrected chi connectivity index (χ0v) is 7.62. The summed E-state index contributed by atoms with van der Waals surface area (Å²) in [5, 5.41) is 0. The zero-order valence-electron chi connectivity index (χ0n) is 11.6. The Kier molecular flexibility index (Phi) is 1.55. The lowest BCUT2D eigenvalue weighted by Crippen LogP contribution is -2.11. The van der Waals surface area contributed by atoms with Crippen LogP contribution >= 0.6 is 0 Å². The summed E-state index contributed by atoms with van der Waals surface area (Å²) in [4.78, 5) is 0. The van der Waals surface area contributed by atoms with Crippen molar-refractivity contribution in [3.8, 4) is 0 Å². The first-order chi connectivity index (χ1) is 8.52. The lowest BCUT2D eigenvalue weighted by molar-refractivity contribution is 0.871. The van der Waals surface area contributed by atoms with Crippen LogP contribution in [0.3, 0.4) is 0 Å². The van der Waals surface area contributed by atoms with Gasteiger partial charge in [0.15, 0.2) is 0 Å². The molecule has 0 aromatic heterocycles. The lowest BCUT2D eigenvalue weighted by Gasteiger charge is -2.11. The lowest BCUT2D eigenvalue weighted by atomic mass is 10.00. The van der Waals surface area contributed by atoms with Crippen molar-refractivity contribution in [1.82, 2.24) is 0 Å². The van der Waals surface area contributed by atoms with Gasteiger partial charge in [-0.25, -0.2) is 0 Å². The van der Waals surface area contributed by atoms with Crippen LogP contribution in [0.1, 0.15) is 22.7 Å². The molecular formula is C13H13N. The predicted octanol–water partition coefficient (Wildman–Crippen LogP) is 2.73. The van der Waals surface area contributed by atoms with Crippen LogP contribution in [0.5, 0.6) is 0 Å². The van der Waals surface area contributed by atoms with Gasteiger partial charge in [0.2, 0.25) is 0 Å². The van der Waals surface area contributed by atoms with E-state index in [0.717, 1.165) is 0 Å². The maximum absolute atomic E-state index is 7.81. The van der Waals surface area contributed by atoms with Gasteiger partial charge in [-0.15, -0.1) is 0 Å². The number of hydrogen-bond acceptors (Lipinski definition) is 1. The Morgan fingerprint density at radius 3 is 1.50 bits per heavy atom. The molecule has 0 bridgehead atoms. The predicted molar refractivity (Wildman–Crippen MR) is 58.9 cm³/mol. The molecular weight excluding hydrogens is 170 g/mol. The quantitative estimate of drug-likeness (QED) is 0.768. The molecule has 2 rings (SSSR count). The second-order valence-corrected chi connectivity index (χ2v) is 2.93. The molecule has 2 aromatic carbocycles. The molecule has 14 heavy (non-hydrogen) atoms. The van der Waals surface area contributed by atoms with Crippen molar-refractivity contribution >= 4 is 0 Å². The molecule has 0 amide bonds. The topological polar surface area (TPSA) is 26.0 Å². The molecule has 0 spiro atoms. The van der Waals surface area contributed by atoms with Crippen LogP contribution < -0.4 is 5.73 Å². The minimum absolute atomic E-state index is 0.164. The molecule has 0 fully saturated rings. The van der Waals surface area contributed by atoms with E-state index >= 15 is 0 Å². The highest BCUT2D eigenvalue weighted by atomic mass is 14.6. The first-order valence-electron chi connectivity index (χ1n) is 6.40. The van der Waals surface area contributed by atoms with E-state index in [2.05, 4.69) is 0 Å². The Labute approximate surface area is 89.8 Å². The highest BCUT2D eigenvalue weighted by Crippen LogP contribution is 2.18. The molecule has 0 aliphatic rings. The number of rotatable bonds is 2. The third-order valence-electron chi connectivity index (χ3n) is 1.96. The molecule has 0 unspecified atom stereocenters. The van der Waals surface area contributed by atoms with Crippen molar-refractivity contribution in [3.05, 3.63) is 71.7 Å². The molecule has 0 aliphatic heterocycles. The fourth-order valence-electron chi connectivity index (χ4n) is 1.23. The minimum Gasteiger partial charge on any atom is -0.320 e. The summed E-state index contributed by atoms with van der Waals surface area (Å²) in [7, 11) is 0. The van der Waals surface area contributed by atoms with Gasteiger partial charge in [0.1, 0.15) is 0 Å². The third kappa shape index (κ3) is 1.83. The Morgan fingerprint density at radius 2 is 1.14 bits per heavy atom. The molecule has 2 aromatic rings. The maximum atomic E-state index is 7.81. The van der Waals surface area contributed by atoms with Gasteiger partial charge in [-0.2, -0.15) is 0 Å². The molecule has 0 aliphatic carbocycles. The minimum atomic E-state index is -0.785. The third-order valence-corrected chi connectivity index (χ3v) is 1.96. The molecule has 0 saturated carbocycles. The van der Waals surface area contributed by atoms with Gasteiger partial charge < -0.3 is 5.73 Å². The van der Waals surface area contributed by atoms with Crippen LogP contribution in [0.25, 0.3) is 0 Å². The highest BCUT2D eigenvalue weighted by molar-refractivity contribution is 5.30. The van der Waals surface area contributed by atoms with E-state index in [0.29, 0.717) is 11.1 Å². The average Bonchev–Trinajstić information content (AvgIpc) is 2.28. The zero-order chi connectivity index (χ0) is 13.3. The maximum Gasteiger partial charge on any atom is 0.0626 e. The molecule has 0 heterocycles. The molecule has 0 atom stereocenters. The molecule has 0 radical (unpaired) electrons. The highest BCUT2D eigenvalue weighted by Gasteiger charge is 2.06. The van der Waals surface area contributed by atoms with Crippen molar-refractivity contribution < 1.29 is 5.48 Å². The van der Waals surface area contributed by atoms with Gasteiger partial charge in [-0.05, 0) is 11.1 Å². The number of benzene rings is 2. The summed E-state index contributed by atoms with van der Waals surface area (Å²) >= 11 is 0. The average molecular weight is 187 g/mol. The molecule has 1 heteroatoms. The van der Waals surface area contributed by atoms with Gasteiger partial charge in [0.05, 0.1) is 11.5 Å². The van der Waals surface area contributed by atoms with Crippen LogP contribution in [0, 0.1) is 0 Å². The van der Waals surface area contributed by atoms with E-state index in [1.807, 2.05) is 0 Å².